The van der Waals surface area contributed by atoms with Gasteiger partial charge in [0.1, 0.15) is 5.69 Å². The summed E-state index contributed by atoms with van der Waals surface area (Å²) in [6, 6.07) is 0.517. The summed E-state index contributed by atoms with van der Waals surface area (Å²) in [5.41, 5.74) is 2.54. The SMILES string of the molecule is CC(C)NCCCc1nc(-c2cscn2)no1. The van der Waals surface area contributed by atoms with Crippen molar-refractivity contribution < 1.29 is 4.52 Å². The molecule has 0 saturated carbocycles. The lowest BCUT2D eigenvalue weighted by molar-refractivity contribution is 0.374. The van der Waals surface area contributed by atoms with E-state index in [-0.39, 0.29) is 0 Å². The standard InChI is InChI=1S/C11H16N4OS/c1-8(2)12-5-3-4-10-14-11(15-16-10)9-6-17-7-13-9/h6-8,12H,3-5H2,1-2H3. The maximum atomic E-state index is 5.17. The van der Waals surface area contributed by atoms with Gasteiger partial charge in [-0.05, 0) is 13.0 Å². The van der Waals surface area contributed by atoms with Gasteiger partial charge in [0.2, 0.25) is 11.7 Å². The lowest BCUT2D eigenvalue weighted by atomic mass is 10.3. The van der Waals surface area contributed by atoms with Crippen LogP contribution >= 0.6 is 11.3 Å². The van der Waals surface area contributed by atoms with E-state index >= 15 is 0 Å². The van der Waals surface area contributed by atoms with E-state index < -0.39 is 0 Å². The van der Waals surface area contributed by atoms with Crippen molar-refractivity contribution in [2.45, 2.75) is 32.7 Å². The molecule has 0 aliphatic carbocycles. The molecule has 0 aliphatic rings. The first-order valence-electron chi connectivity index (χ1n) is 5.70. The number of hydrogen-bond acceptors (Lipinski definition) is 6. The van der Waals surface area contributed by atoms with Crippen LogP contribution in [0.3, 0.4) is 0 Å². The number of nitrogens with one attached hydrogen (secondary N) is 1. The molecular weight excluding hydrogens is 236 g/mol. The number of rotatable bonds is 6. The lowest BCUT2D eigenvalue weighted by Crippen LogP contribution is -2.23. The molecule has 0 spiro atoms. The number of aromatic nitrogens is 3. The smallest absolute Gasteiger partial charge is 0.227 e. The third-order valence-corrected chi connectivity index (χ3v) is 2.84. The summed E-state index contributed by atoms with van der Waals surface area (Å²) >= 11 is 1.53. The summed E-state index contributed by atoms with van der Waals surface area (Å²) in [6.45, 7) is 5.23. The Hall–Kier alpha value is -1.27. The van der Waals surface area contributed by atoms with Crippen LogP contribution < -0.4 is 5.32 Å². The van der Waals surface area contributed by atoms with Gasteiger partial charge in [0.15, 0.2) is 0 Å². The van der Waals surface area contributed by atoms with Crippen LogP contribution in [0.5, 0.6) is 0 Å². The Bertz CT molecular complexity index is 438. The Morgan fingerprint density at radius 1 is 1.47 bits per heavy atom. The Morgan fingerprint density at radius 2 is 2.35 bits per heavy atom. The summed E-state index contributed by atoms with van der Waals surface area (Å²) in [6.07, 6.45) is 1.80. The molecule has 0 saturated heterocycles. The Balaban J connectivity index is 1.83. The molecule has 1 N–H and O–H groups in total. The zero-order valence-electron chi connectivity index (χ0n) is 10.0. The van der Waals surface area contributed by atoms with Gasteiger partial charge in [0.05, 0.1) is 5.51 Å². The fourth-order valence-electron chi connectivity index (χ4n) is 1.41. The Labute approximate surface area is 104 Å². The van der Waals surface area contributed by atoms with Crippen LogP contribution in [0.2, 0.25) is 0 Å². The first kappa shape index (κ1) is 12.2. The molecule has 2 heterocycles. The van der Waals surface area contributed by atoms with E-state index in [2.05, 4.69) is 34.3 Å². The zero-order chi connectivity index (χ0) is 12.1. The molecule has 17 heavy (non-hydrogen) atoms. The average Bonchev–Trinajstić information content (AvgIpc) is 2.94. The first-order valence-corrected chi connectivity index (χ1v) is 6.64. The monoisotopic (exact) mass is 252 g/mol. The van der Waals surface area contributed by atoms with Gasteiger partial charge in [0.25, 0.3) is 0 Å². The molecule has 0 bridgehead atoms. The van der Waals surface area contributed by atoms with Gasteiger partial charge in [0, 0.05) is 17.8 Å². The van der Waals surface area contributed by atoms with Crippen LogP contribution in [0, 0.1) is 0 Å². The van der Waals surface area contributed by atoms with Gasteiger partial charge in [-0.15, -0.1) is 11.3 Å². The highest BCUT2D eigenvalue weighted by atomic mass is 32.1. The molecule has 2 rings (SSSR count). The fraction of sp³-hybridized carbons (Fsp3) is 0.545. The van der Waals surface area contributed by atoms with E-state index in [1.807, 2.05) is 5.38 Å². The molecule has 2 aromatic rings. The maximum Gasteiger partial charge on any atom is 0.227 e. The normalized spacial score (nSPS) is 11.2. The van der Waals surface area contributed by atoms with Gasteiger partial charge >= 0.3 is 0 Å². The highest BCUT2D eigenvalue weighted by Crippen LogP contribution is 2.15. The highest BCUT2D eigenvalue weighted by molar-refractivity contribution is 7.07. The fourth-order valence-corrected chi connectivity index (χ4v) is 1.94. The third kappa shape index (κ3) is 3.61. The molecule has 5 nitrogen and oxygen atoms in total. The van der Waals surface area contributed by atoms with Gasteiger partial charge in [-0.1, -0.05) is 19.0 Å². The maximum absolute atomic E-state index is 5.17. The van der Waals surface area contributed by atoms with Gasteiger partial charge in [-0.2, -0.15) is 4.98 Å². The molecular formula is C11H16N4OS. The minimum Gasteiger partial charge on any atom is -0.339 e. The minimum atomic E-state index is 0.517. The Morgan fingerprint density at radius 3 is 3.06 bits per heavy atom. The zero-order valence-corrected chi connectivity index (χ0v) is 10.8. The molecule has 6 heteroatoms. The second kappa shape index (κ2) is 5.88. The molecule has 0 aliphatic heterocycles. The van der Waals surface area contributed by atoms with E-state index in [9.17, 15) is 0 Å². The third-order valence-electron chi connectivity index (χ3n) is 2.25. The van der Waals surface area contributed by atoms with Crippen molar-refractivity contribution in [2.24, 2.45) is 0 Å². The van der Waals surface area contributed by atoms with Crippen LogP contribution in [0.15, 0.2) is 15.4 Å². The van der Waals surface area contributed by atoms with Crippen molar-refractivity contribution in [3.63, 3.8) is 0 Å². The highest BCUT2D eigenvalue weighted by Gasteiger charge is 2.09. The van der Waals surface area contributed by atoms with Crippen molar-refractivity contribution in [3.8, 4) is 11.5 Å². The first-order chi connectivity index (χ1) is 8.25. The van der Waals surface area contributed by atoms with Crippen molar-refractivity contribution in [1.82, 2.24) is 20.4 Å². The van der Waals surface area contributed by atoms with Crippen LogP contribution in [0.1, 0.15) is 26.2 Å². The predicted octanol–water partition coefficient (Wildman–Crippen LogP) is 2.12. The summed E-state index contributed by atoms with van der Waals surface area (Å²) in [5.74, 6) is 1.26. The van der Waals surface area contributed by atoms with Crippen LogP contribution in [-0.4, -0.2) is 27.7 Å². The molecule has 92 valence electrons. The minimum absolute atomic E-state index is 0.517. The van der Waals surface area contributed by atoms with E-state index in [1.165, 1.54) is 11.3 Å². The van der Waals surface area contributed by atoms with Gasteiger partial charge < -0.3 is 9.84 Å². The van der Waals surface area contributed by atoms with Gasteiger partial charge in [-0.25, -0.2) is 4.98 Å². The molecule has 0 fully saturated rings. The average molecular weight is 252 g/mol. The number of aryl methyl sites for hydroxylation is 1. The Kier molecular flexibility index (Phi) is 4.22. The van der Waals surface area contributed by atoms with E-state index in [1.54, 1.807) is 5.51 Å². The van der Waals surface area contributed by atoms with E-state index in [4.69, 9.17) is 4.52 Å². The van der Waals surface area contributed by atoms with Crippen molar-refractivity contribution in [2.75, 3.05) is 6.54 Å². The van der Waals surface area contributed by atoms with Crippen molar-refractivity contribution in [1.29, 1.82) is 0 Å². The second-order valence-electron chi connectivity index (χ2n) is 4.10. The predicted molar refractivity (Wildman–Crippen MR) is 66.9 cm³/mol. The second-order valence-corrected chi connectivity index (χ2v) is 4.82. The summed E-state index contributed by atoms with van der Waals surface area (Å²) in [4.78, 5) is 8.45. The lowest BCUT2D eigenvalue weighted by Gasteiger charge is -2.05. The molecule has 2 aromatic heterocycles. The van der Waals surface area contributed by atoms with Crippen LogP contribution in [-0.2, 0) is 6.42 Å². The van der Waals surface area contributed by atoms with E-state index in [0.29, 0.717) is 17.8 Å². The number of hydrogen-bond donors (Lipinski definition) is 1. The summed E-state index contributed by atoms with van der Waals surface area (Å²) in [7, 11) is 0. The molecule has 0 atom stereocenters. The number of thiazole rings is 1. The number of nitrogens with zero attached hydrogens (tertiary/aromatic N) is 3. The molecule has 0 unspecified atom stereocenters. The molecule has 0 aromatic carbocycles. The summed E-state index contributed by atoms with van der Waals surface area (Å²) in [5, 5.41) is 9.17. The van der Waals surface area contributed by atoms with Gasteiger partial charge in [-0.3, -0.25) is 0 Å². The largest absolute Gasteiger partial charge is 0.339 e. The summed E-state index contributed by atoms with van der Waals surface area (Å²) < 4.78 is 5.17. The molecule has 0 radical (unpaired) electrons. The van der Waals surface area contributed by atoms with Crippen molar-refractivity contribution >= 4 is 11.3 Å². The van der Waals surface area contributed by atoms with Crippen LogP contribution in [0.4, 0.5) is 0 Å². The molecule has 0 amide bonds. The van der Waals surface area contributed by atoms with Crippen LogP contribution in [0.25, 0.3) is 11.5 Å². The van der Waals surface area contributed by atoms with E-state index in [0.717, 1.165) is 25.1 Å². The quantitative estimate of drug-likeness (QED) is 0.798. The van der Waals surface area contributed by atoms with Crippen molar-refractivity contribution in [3.05, 3.63) is 16.8 Å². The topological polar surface area (TPSA) is 63.8 Å².